The van der Waals surface area contributed by atoms with Crippen LogP contribution < -0.4 is 10.6 Å². The number of halogens is 1. The van der Waals surface area contributed by atoms with Crippen molar-refractivity contribution in [3.8, 4) is 17.5 Å². The van der Waals surface area contributed by atoms with E-state index in [9.17, 15) is 19.6 Å². The van der Waals surface area contributed by atoms with Crippen molar-refractivity contribution in [1.82, 2.24) is 30.1 Å². The van der Waals surface area contributed by atoms with Gasteiger partial charge in [-0.1, -0.05) is 0 Å². The number of hydrogen-bond acceptors (Lipinski definition) is 9. The van der Waals surface area contributed by atoms with E-state index < -0.39 is 17.7 Å². The van der Waals surface area contributed by atoms with Crippen molar-refractivity contribution in [3.05, 3.63) is 57.8 Å². The molecule has 4 heterocycles. The molecule has 4 aromatic heterocycles. The molecule has 3 N–H and O–H groups in total. The second-order valence-corrected chi connectivity index (χ2v) is 11.9. The third kappa shape index (κ3) is 5.95. The highest BCUT2D eigenvalue weighted by Gasteiger charge is 2.29. The van der Waals surface area contributed by atoms with Crippen molar-refractivity contribution in [2.45, 2.75) is 70.2 Å². The molecule has 0 unspecified atom stereocenters. The number of aliphatic hydroxyl groups is 1. The minimum Gasteiger partial charge on any atom is -0.387 e. The molecule has 40 heavy (non-hydrogen) atoms. The number of aromatic nitrogens is 5. The van der Waals surface area contributed by atoms with Crippen molar-refractivity contribution < 1.29 is 14.3 Å². The molecule has 208 valence electrons. The van der Waals surface area contributed by atoms with Crippen LogP contribution in [0.15, 0.2) is 36.7 Å². The Bertz CT molecular complexity index is 1560. The zero-order valence-corrected chi connectivity index (χ0v) is 23.4. The Labute approximate surface area is 235 Å². The van der Waals surface area contributed by atoms with E-state index in [-0.39, 0.29) is 18.2 Å². The highest BCUT2D eigenvalue weighted by molar-refractivity contribution is 7.11. The molecule has 1 amide bonds. The van der Waals surface area contributed by atoms with Gasteiger partial charge in [-0.15, -0.1) is 21.5 Å². The van der Waals surface area contributed by atoms with Crippen LogP contribution in [-0.4, -0.2) is 60.2 Å². The number of nitrogens with zero attached hydrogens (tertiary/aromatic N) is 6. The van der Waals surface area contributed by atoms with Gasteiger partial charge in [0.05, 0.1) is 52.1 Å². The minimum absolute atomic E-state index is 0.123. The summed E-state index contributed by atoms with van der Waals surface area (Å²) in [6, 6.07) is 9.48. The normalized spacial score (nSPS) is 18.3. The highest BCUT2D eigenvalue weighted by Crippen LogP contribution is 2.36. The number of rotatable bonds is 8. The Balaban J connectivity index is 1.40. The van der Waals surface area contributed by atoms with Gasteiger partial charge in [-0.25, -0.2) is 8.91 Å². The van der Waals surface area contributed by atoms with E-state index in [2.05, 4.69) is 37.0 Å². The summed E-state index contributed by atoms with van der Waals surface area (Å²) in [6.07, 6.45) is 5.02. The Morgan fingerprint density at radius 3 is 2.70 bits per heavy atom. The van der Waals surface area contributed by atoms with Crippen LogP contribution in [0.5, 0.6) is 0 Å². The number of nitrogens with one attached hydrogen (secondary N) is 2. The van der Waals surface area contributed by atoms with E-state index in [1.54, 1.807) is 28.0 Å². The topological polar surface area (TPSA) is 141 Å². The fourth-order valence-electron chi connectivity index (χ4n) is 4.86. The summed E-state index contributed by atoms with van der Waals surface area (Å²) in [5.74, 6) is -0.108. The lowest BCUT2D eigenvalue weighted by Gasteiger charge is -2.29. The van der Waals surface area contributed by atoms with Gasteiger partial charge in [0.15, 0.2) is 0 Å². The Kier molecular flexibility index (Phi) is 7.78. The summed E-state index contributed by atoms with van der Waals surface area (Å²) < 4.78 is 16.0. The van der Waals surface area contributed by atoms with E-state index in [4.69, 9.17) is 0 Å². The molecule has 0 aromatic carbocycles. The maximum absolute atomic E-state index is 14.4. The number of carbonyl (C=O) groups excluding carboxylic acids is 1. The molecule has 0 saturated heterocycles. The zero-order chi connectivity index (χ0) is 28.4. The predicted molar refractivity (Wildman–Crippen MR) is 150 cm³/mol. The first-order chi connectivity index (χ1) is 19.1. The van der Waals surface area contributed by atoms with Crippen molar-refractivity contribution >= 4 is 28.4 Å². The number of fused-ring (bicyclic) bond motifs is 1. The first-order valence-corrected chi connectivity index (χ1v) is 14.0. The molecule has 4 aromatic rings. The van der Waals surface area contributed by atoms with E-state index in [1.807, 2.05) is 19.1 Å². The summed E-state index contributed by atoms with van der Waals surface area (Å²) in [7, 11) is 0. The summed E-state index contributed by atoms with van der Waals surface area (Å²) in [5.41, 5.74) is 1.79. The Morgan fingerprint density at radius 2 is 2.02 bits per heavy atom. The first kappa shape index (κ1) is 27.6. The van der Waals surface area contributed by atoms with Gasteiger partial charge in [0, 0.05) is 18.2 Å². The standard InChI is InChI=1S/C28H31FN8O2S/c1-16-35-36-27(40-16)18-4-6-19(7-5-18)34-22-11-23(24-9-8-20-10-17(12-30)13-33-37(20)24)31-14-21(22)26(38)32-15-25(29)28(2,3)39/h8-11,13-14,18-19,25,39H,4-7,15H2,1-3H3,(H,31,34)(H,32,38)/t18-,19-,25-/m1/s1. The molecule has 5 rings (SSSR count). The van der Waals surface area contributed by atoms with Crippen LogP contribution in [0.3, 0.4) is 0 Å². The van der Waals surface area contributed by atoms with Crippen LogP contribution in [0.25, 0.3) is 16.9 Å². The Hall–Kier alpha value is -3.95. The van der Waals surface area contributed by atoms with Crippen LogP contribution in [0.1, 0.15) is 71.4 Å². The first-order valence-electron chi connectivity index (χ1n) is 13.2. The monoisotopic (exact) mass is 562 g/mol. The molecule has 1 fully saturated rings. The second kappa shape index (κ2) is 11.3. The number of nitriles is 1. The molecule has 1 aliphatic rings. The van der Waals surface area contributed by atoms with Crippen LogP contribution >= 0.6 is 11.3 Å². The van der Waals surface area contributed by atoms with Gasteiger partial charge < -0.3 is 15.7 Å². The smallest absolute Gasteiger partial charge is 0.255 e. The van der Waals surface area contributed by atoms with Gasteiger partial charge >= 0.3 is 0 Å². The maximum Gasteiger partial charge on any atom is 0.255 e. The quantitative estimate of drug-likeness (QED) is 0.287. The fraction of sp³-hybridized carbons (Fsp3) is 0.429. The van der Waals surface area contributed by atoms with Crippen LogP contribution in [-0.2, 0) is 0 Å². The van der Waals surface area contributed by atoms with Gasteiger partial charge in [0.1, 0.15) is 22.3 Å². The van der Waals surface area contributed by atoms with Crippen molar-refractivity contribution in [3.63, 3.8) is 0 Å². The van der Waals surface area contributed by atoms with Crippen molar-refractivity contribution in [2.24, 2.45) is 0 Å². The third-order valence-electron chi connectivity index (χ3n) is 7.23. The highest BCUT2D eigenvalue weighted by atomic mass is 32.1. The lowest BCUT2D eigenvalue weighted by Crippen LogP contribution is -2.42. The van der Waals surface area contributed by atoms with E-state index >= 15 is 0 Å². The number of amides is 1. The average Bonchev–Trinajstić information content (AvgIpc) is 3.57. The van der Waals surface area contributed by atoms with Crippen LogP contribution in [0.4, 0.5) is 10.1 Å². The number of pyridine rings is 1. The molecular formula is C28H31FN8O2S. The molecule has 12 heteroatoms. The molecule has 0 spiro atoms. The number of hydrogen-bond donors (Lipinski definition) is 3. The molecule has 0 bridgehead atoms. The maximum atomic E-state index is 14.4. The van der Waals surface area contributed by atoms with Gasteiger partial charge in [-0.05, 0) is 70.7 Å². The molecule has 10 nitrogen and oxygen atoms in total. The zero-order valence-electron chi connectivity index (χ0n) is 22.6. The largest absolute Gasteiger partial charge is 0.387 e. The van der Waals surface area contributed by atoms with Crippen molar-refractivity contribution in [1.29, 1.82) is 5.26 Å². The summed E-state index contributed by atoms with van der Waals surface area (Å²) >= 11 is 1.64. The Morgan fingerprint density at radius 1 is 1.25 bits per heavy atom. The van der Waals surface area contributed by atoms with Gasteiger partial charge in [-0.2, -0.15) is 10.4 Å². The minimum atomic E-state index is -1.63. The average molecular weight is 563 g/mol. The van der Waals surface area contributed by atoms with Crippen LogP contribution in [0.2, 0.25) is 0 Å². The molecule has 0 radical (unpaired) electrons. The number of aryl methyl sites for hydroxylation is 1. The summed E-state index contributed by atoms with van der Waals surface area (Å²) in [4.78, 5) is 17.7. The van der Waals surface area contributed by atoms with E-state index in [1.165, 1.54) is 26.2 Å². The van der Waals surface area contributed by atoms with Crippen LogP contribution in [0, 0.1) is 18.3 Å². The fourth-order valence-corrected chi connectivity index (χ4v) is 5.73. The molecule has 1 atom stereocenters. The molecule has 1 aliphatic carbocycles. The predicted octanol–water partition coefficient (Wildman–Crippen LogP) is 4.41. The van der Waals surface area contributed by atoms with Gasteiger partial charge in [0.25, 0.3) is 5.91 Å². The lowest BCUT2D eigenvalue weighted by atomic mass is 9.86. The number of anilines is 1. The van der Waals surface area contributed by atoms with Crippen molar-refractivity contribution in [2.75, 3.05) is 11.9 Å². The van der Waals surface area contributed by atoms with E-state index in [0.29, 0.717) is 28.6 Å². The number of carbonyl (C=O) groups is 1. The molecular weight excluding hydrogens is 531 g/mol. The molecule has 0 aliphatic heterocycles. The number of alkyl halides is 1. The van der Waals surface area contributed by atoms with Gasteiger partial charge in [0.2, 0.25) is 0 Å². The van der Waals surface area contributed by atoms with Gasteiger partial charge in [-0.3, -0.25) is 9.78 Å². The SMILES string of the molecule is Cc1nnc([C@H]2CC[C@H](Nc3cc(-c4ccc5cc(C#N)cnn45)ncc3C(=O)NC[C@@H](F)C(C)(C)O)CC2)s1. The molecule has 1 saturated carbocycles. The van der Waals surface area contributed by atoms with E-state index in [0.717, 1.165) is 41.2 Å². The summed E-state index contributed by atoms with van der Waals surface area (Å²) in [6.45, 7) is 4.36. The summed E-state index contributed by atoms with van der Waals surface area (Å²) in [5, 5.41) is 40.2. The lowest BCUT2D eigenvalue weighted by molar-refractivity contribution is -0.00177. The second-order valence-electron chi connectivity index (χ2n) is 10.7. The third-order valence-corrected chi connectivity index (χ3v) is 8.23.